The average molecular weight is 364 g/mol. The molecule has 3 aliphatic rings. The number of likely N-dealkylation sites (tertiary alicyclic amines) is 1. The molecule has 1 fully saturated rings. The van der Waals surface area contributed by atoms with E-state index in [9.17, 15) is 0 Å². The van der Waals surface area contributed by atoms with Gasteiger partial charge in [0.2, 0.25) is 0 Å². The van der Waals surface area contributed by atoms with Gasteiger partial charge in [0.05, 0.1) is 0 Å². The summed E-state index contributed by atoms with van der Waals surface area (Å²) in [5.41, 5.74) is 3.11. The molecule has 0 bridgehead atoms. The second-order valence-electron chi connectivity index (χ2n) is 8.79. The maximum absolute atomic E-state index is 2.40. The van der Waals surface area contributed by atoms with Gasteiger partial charge in [0.15, 0.2) is 0 Å². The molecule has 3 heterocycles. The molecule has 0 N–H and O–H groups in total. The lowest BCUT2D eigenvalue weighted by molar-refractivity contribution is 0.230. The maximum atomic E-state index is 2.40. The number of hydrogen-bond acceptors (Lipinski definition) is 3. The second kappa shape index (κ2) is 13.5. The zero-order chi connectivity index (χ0) is 19.4. The van der Waals surface area contributed by atoms with E-state index >= 15 is 0 Å². The number of piperidine rings is 1. The second-order valence-corrected chi connectivity index (χ2v) is 8.79. The van der Waals surface area contributed by atoms with Crippen LogP contribution in [0.5, 0.6) is 0 Å². The monoisotopic (exact) mass is 363 g/mol. The lowest BCUT2D eigenvalue weighted by Gasteiger charge is -2.26. The highest BCUT2D eigenvalue weighted by Crippen LogP contribution is 2.13. The van der Waals surface area contributed by atoms with Gasteiger partial charge in [-0.25, -0.2) is 0 Å². The summed E-state index contributed by atoms with van der Waals surface area (Å²) in [4.78, 5) is 7.14. The van der Waals surface area contributed by atoms with Crippen molar-refractivity contribution in [2.45, 2.75) is 59.3 Å². The van der Waals surface area contributed by atoms with E-state index in [0.717, 1.165) is 12.5 Å². The Morgan fingerprint density at radius 1 is 0.731 bits per heavy atom. The molecule has 0 spiro atoms. The van der Waals surface area contributed by atoms with Gasteiger partial charge in [-0.15, -0.1) is 0 Å². The molecule has 3 heteroatoms. The molecule has 0 amide bonds. The number of nitrogens with zero attached hydrogens (tertiary/aromatic N) is 3. The van der Waals surface area contributed by atoms with Crippen LogP contribution in [0.4, 0.5) is 0 Å². The van der Waals surface area contributed by atoms with E-state index in [2.05, 4.69) is 68.8 Å². The number of hydrogen-bond donors (Lipinski definition) is 0. The van der Waals surface area contributed by atoms with E-state index < -0.39 is 0 Å². The highest BCUT2D eigenvalue weighted by Gasteiger charge is 2.10. The molecule has 26 heavy (non-hydrogen) atoms. The molecule has 0 aliphatic carbocycles. The zero-order valence-corrected chi connectivity index (χ0v) is 18.6. The summed E-state index contributed by atoms with van der Waals surface area (Å²) < 4.78 is 0. The van der Waals surface area contributed by atoms with Crippen molar-refractivity contribution in [2.75, 3.05) is 60.4 Å². The third kappa shape index (κ3) is 11.9. The van der Waals surface area contributed by atoms with Crippen molar-refractivity contribution in [1.82, 2.24) is 14.7 Å². The van der Waals surface area contributed by atoms with Crippen LogP contribution in [0.3, 0.4) is 0 Å². The first-order valence-corrected chi connectivity index (χ1v) is 10.7. The Kier molecular flexibility index (Phi) is 12.2. The Labute approximate surface area is 164 Å². The summed E-state index contributed by atoms with van der Waals surface area (Å²) in [5, 5.41) is 0. The summed E-state index contributed by atoms with van der Waals surface area (Å²) in [7, 11) is 6.56. The summed E-state index contributed by atoms with van der Waals surface area (Å²) >= 11 is 0. The Balaban J connectivity index is 0.000000195. The van der Waals surface area contributed by atoms with Crippen molar-refractivity contribution in [1.29, 1.82) is 0 Å². The average Bonchev–Trinajstić information content (AvgIpc) is 2.92. The fourth-order valence-corrected chi connectivity index (χ4v) is 3.38. The highest BCUT2D eigenvalue weighted by atomic mass is 15.1. The van der Waals surface area contributed by atoms with Crippen LogP contribution in [0.15, 0.2) is 23.3 Å². The van der Waals surface area contributed by atoms with E-state index in [-0.39, 0.29) is 0 Å². The predicted molar refractivity (Wildman–Crippen MR) is 117 cm³/mol. The number of likely N-dealkylation sites (N-methyl/N-ethyl adjacent to an activating group) is 1. The summed E-state index contributed by atoms with van der Waals surface area (Å²) in [6.45, 7) is 14.3. The van der Waals surface area contributed by atoms with Crippen molar-refractivity contribution in [3.63, 3.8) is 0 Å². The lowest BCUT2D eigenvalue weighted by Crippen LogP contribution is -2.28. The molecular formula is C23H45N3. The van der Waals surface area contributed by atoms with Crippen LogP contribution in [0.1, 0.15) is 59.3 Å². The van der Waals surface area contributed by atoms with Gasteiger partial charge >= 0.3 is 0 Å². The van der Waals surface area contributed by atoms with E-state index in [4.69, 9.17) is 0 Å². The Morgan fingerprint density at radius 2 is 1.35 bits per heavy atom. The van der Waals surface area contributed by atoms with Crippen molar-refractivity contribution in [2.24, 2.45) is 5.92 Å². The molecule has 0 saturated carbocycles. The summed E-state index contributed by atoms with van der Waals surface area (Å²) in [6.07, 6.45) is 12.6. The molecule has 3 rings (SSSR count). The smallest absolute Gasteiger partial charge is 0.0162 e. The first-order valence-electron chi connectivity index (χ1n) is 10.7. The van der Waals surface area contributed by atoms with Gasteiger partial charge in [0, 0.05) is 19.6 Å². The van der Waals surface area contributed by atoms with E-state index in [0.29, 0.717) is 0 Å². The number of allylic oxidation sites excluding steroid dienone is 1. The quantitative estimate of drug-likeness (QED) is 0.579. The molecule has 0 unspecified atom stereocenters. The molecular weight excluding hydrogens is 318 g/mol. The highest BCUT2D eigenvalue weighted by molar-refractivity contribution is 5.01. The van der Waals surface area contributed by atoms with Gasteiger partial charge in [0.1, 0.15) is 0 Å². The molecule has 0 atom stereocenters. The van der Waals surface area contributed by atoms with Crippen LogP contribution in [0.25, 0.3) is 0 Å². The fourth-order valence-electron chi connectivity index (χ4n) is 3.38. The van der Waals surface area contributed by atoms with Crippen LogP contribution in [-0.4, -0.2) is 75.1 Å². The van der Waals surface area contributed by atoms with Crippen LogP contribution in [0, 0.1) is 5.92 Å². The maximum Gasteiger partial charge on any atom is 0.0162 e. The third-order valence-corrected chi connectivity index (χ3v) is 5.76. The van der Waals surface area contributed by atoms with Crippen LogP contribution in [-0.2, 0) is 0 Å². The lowest BCUT2D eigenvalue weighted by atomic mass is 10.00. The minimum atomic E-state index is 0.978. The van der Waals surface area contributed by atoms with Crippen LogP contribution in [0.2, 0.25) is 0 Å². The summed E-state index contributed by atoms with van der Waals surface area (Å²) in [6, 6.07) is 0. The van der Waals surface area contributed by atoms with Gasteiger partial charge in [-0.1, -0.05) is 30.2 Å². The fraction of sp³-hybridized carbons (Fsp3) is 0.826. The summed E-state index contributed by atoms with van der Waals surface area (Å²) in [5.74, 6) is 0.978. The van der Waals surface area contributed by atoms with Crippen LogP contribution < -0.4 is 0 Å². The van der Waals surface area contributed by atoms with Gasteiger partial charge in [-0.2, -0.15) is 0 Å². The largest absolute Gasteiger partial charge is 0.306 e. The van der Waals surface area contributed by atoms with Gasteiger partial charge in [-0.05, 0) is 99.1 Å². The predicted octanol–water partition coefficient (Wildman–Crippen LogP) is 4.66. The normalized spacial score (nSPS) is 24.1. The van der Waals surface area contributed by atoms with Crippen molar-refractivity contribution in [3.8, 4) is 0 Å². The Hall–Kier alpha value is -0.640. The standard InChI is InChI=1S/2C8H15N.C7H15N/c2*1-8-4-3-6-9(2)7-5-8;1-7-3-5-8(2)6-4-7/h5H,3-4,6-7H2,1-2H3;4H,3,5-7H2,1-2H3;7H,3-6H2,1-2H3. The molecule has 152 valence electrons. The first-order chi connectivity index (χ1) is 12.4. The van der Waals surface area contributed by atoms with Crippen molar-refractivity contribution < 1.29 is 0 Å². The van der Waals surface area contributed by atoms with Crippen molar-refractivity contribution in [3.05, 3.63) is 23.3 Å². The molecule has 0 aromatic carbocycles. The van der Waals surface area contributed by atoms with E-state index in [1.807, 2.05) is 0 Å². The van der Waals surface area contributed by atoms with Gasteiger partial charge < -0.3 is 14.7 Å². The van der Waals surface area contributed by atoms with Crippen LogP contribution >= 0.6 is 0 Å². The van der Waals surface area contributed by atoms with Crippen molar-refractivity contribution >= 4 is 0 Å². The number of rotatable bonds is 0. The van der Waals surface area contributed by atoms with E-state index in [1.165, 1.54) is 71.2 Å². The SMILES string of the molecule is CC1=CCCN(C)CC1.CC1=CCN(C)CCC1.CC1CCN(C)CC1. The first kappa shape index (κ1) is 23.4. The molecule has 0 radical (unpaired) electrons. The molecule has 1 saturated heterocycles. The zero-order valence-electron chi connectivity index (χ0n) is 18.6. The van der Waals surface area contributed by atoms with Gasteiger partial charge in [0.25, 0.3) is 0 Å². The third-order valence-electron chi connectivity index (χ3n) is 5.76. The van der Waals surface area contributed by atoms with Gasteiger partial charge in [-0.3, -0.25) is 0 Å². The molecule has 0 aromatic heterocycles. The van der Waals surface area contributed by atoms with E-state index in [1.54, 1.807) is 11.1 Å². The Bertz CT molecular complexity index is 409. The molecule has 0 aromatic rings. The molecule has 3 nitrogen and oxygen atoms in total. The Morgan fingerprint density at radius 3 is 2.00 bits per heavy atom. The minimum absolute atomic E-state index is 0.978. The topological polar surface area (TPSA) is 9.72 Å². The molecule has 3 aliphatic heterocycles. The minimum Gasteiger partial charge on any atom is -0.306 e.